The van der Waals surface area contributed by atoms with E-state index in [1.54, 1.807) is 53.7 Å². The van der Waals surface area contributed by atoms with Gasteiger partial charge in [0, 0.05) is 23.3 Å². The van der Waals surface area contributed by atoms with Crippen molar-refractivity contribution >= 4 is 49.1 Å². The van der Waals surface area contributed by atoms with Crippen LogP contribution in [0, 0.1) is 0 Å². The Kier molecular flexibility index (Phi) is 5.48. The number of aliphatic hydroxyl groups is 1. The van der Waals surface area contributed by atoms with Gasteiger partial charge in [-0.05, 0) is 36.8 Å². The van der Waals surface area contributed by atoms with Gasteiger partial charge in [-0.25, -0.2) is 4.98 Å². The summed E-state index contributed by atoms with van der Waals surface area (Å²) in [5.41, 5.74) is 4.11. The van der Waals surface area contributed by atoms with Crippen molar-refractivity contribution in [3.63, 3.8) is 0 Å². The number of halogens is 1. The first-order chi connectivity index (χ1) is 15.8. The smallest absolute Gasteiger partial charge is 0.283 e. The molecule has 0 radical (unpaired) electrons. The van der Waals surface area contributed by atoms with Gasteiger partial charge in [0.15, 0.2) is 0 Å². The lowest BCUT2D eigenvalue weighted by Crippen LogP contribution is -2.36. The summed E-state index contributed by atoms with van der Waals surface area (Å²) in [6.07, 6.45) is 0.495. The van der Waals surface area contributed by atoms with E-state index in [9.17, 15) is 18.3 Å². The molecule has 2 aromatic carbocycles. The quantitative estimate of drug-likeness (QED) is 0.448. The van der Waals surface area contributed by atoms with Crippen molar-refractivity contribution in [3.8, 4) is 0 Å². The van der Waals surface area contributed by atoms with E-state index in [1.807, 2.05) is 0 Å². The van der Waals surface area contributed by atoms with Crippen molar-refractivity contribution in [2.45, 2.75) is 36.9 Å². The molecule has 2 aromatic heterocycles. The third kappa shape index (κ3) is 3.82. The van der Waals surface area contributed by atoms with Crippen LogP contribution in [0.1, 0.15) is 29.7 Å². The van der Waals surface area contributed by atoms with Gasteiger partial charge in [0.25, 0.3) is 10.0 Å². The second-order valence-corrected chi connectivity index (χ2v) is 11.0. The van der Waals surface area contributed by atoms with Crippen LogP contribution in [0.2, 0.25) is 5.02 Å². The highest BCUT2D eigenvalue weighted by atomic mass is 35.5. The van der Waals surface area contributed by atoms with Crippen molar-refractivity contribution in [1.29, 1.82) is 0 Å². The molecule has 0 bridgehead atoms. The summed E-state index contributed by atoms with van der Waals surface area (Å²) in [5, 5.41) is 15.0. The predicted octanol–water partition coefficient (Wildman–Crippen LogP) is 3.39. The molecule has 0 aliphatic carbocycles. The molecule has 1 amide bonds. The molecule has 33 heavy (non-hydrogen) atoms. The first-order valence-corrected chi connectivity index (χ1v) is 12.8. The van der Waals surface area contributed by atoms with E-state index in [1.165, 1.54) is 23.6 Å². The van der Waals surface area contributed by atoms with Gasteiger partial charge in [0.2, 0.25) is 5.91 Å². The van der Waals surface area contributed by atoms with Crippen LogP contribution in [0.25, 0.3) is 10.2 Å². The first kappa shape index (κ1) is 22.0. The lowest BCUT2D eigenvalue weighted by molar-refractivity contribution is -0.135. The fourth-order valence-electron chi connectivity index (χ4n) is 4.03. The second-order valence-electron chi connectivity index (χ2n) is 7.89. The van der Waals surface area contributed by atoms with Crippen LogP contribution in [0.3, 0.4) is 0 Å². The van der Waals surface area contributed by atoms with E-state index in [-0.39, 0.29) is 23.9 Å². The molecule has 2 atom stereocenters. The molecular weight excluding hydrogens is 484 g/mol. The highest BCUT2D eigenvalue weighted by Crippen LogP contribution is 2.33. The highest BCUT2D eigenvalue weighted by molar-refractivity contribution is 7.89. The molecule has 0 spiro atoms. The number of carbonyl (C=O) groups is 1. The van der Waals surface area contributed by atoms with Crippen molar-refractivity contribution in [1.82, 2.24) is 19.1 Å². The summed E-state index contributed by atoms with van der Waals surface area (Å²) >= 11 is 7.64. The summed E-state index contributed by atoms with van der Waals surface area (Å²) in [6.45, 7) is 1.90. The molecule has 0 unspecified atom stereocenters. The highest BCUT2D eigenvalue weighted by Gasteiger charge is 2.36. The first-order valence-electron chi connectivity index (χ1n) is 10.1. The zero-order valence-corrected chi connectivity index (χ0v) is 19.8. The molecule has 8 nitrogen and oxygen atoms in total. The maximum atomic E-state index is 13.3. The van der Waals surface area contributed by atoms with E-state index in [0.29, 0.717) is 21.8 Å². The number of aliphatic hydroxyl groups excluding tert-OH is 1. The lowest BCUT2D eigenvalue weighted by atomic mass is 9.92. The SMILES string of the molecule is C[C@@H](O)[C@@H](C(=O)N1Cc2cn(S(=O)(=O)c3ccc4ncsc4c3)nc2C1)c1ccccc1Cl. The second kappa shape index (κ2) is 8.21. The van der Waals surface area contributed by atoms with Crippen molar-refractivity contribution in [2.24, 2.45) is 0 Å². The molecule has 0 saturated heterocycles. The van der Waals surface area contributed by atoms with E-state index in [4.69, 9.17) is 11.6 Å². The maximum absolute atomic E-state index is 13.3. The minimum atomic E-state index is -3.88. The van der Waals surface area contributed by atoms with Crippen molar-refractivity contribution in [3.05, 3.63) is 76.0 Å². The van der Waals surface area contributed by atoms with Crippen molar-refractivity contribution < 1.29 is 18.3 Å². The predicted molar refractivity (Wildman–Crippen MR) is 125 cm³/mol. The number of carbonyl (C=O) groups excluding carboxylic acids is 1. The van der Waals surface area contributed by atoms with E-state index < -0.39 is 22.0 Å². The Morgan fingerprint density at radius 1 is 1.21 bits per heavy atom. The van der Waals surface area contributed by atoms with Crippen LogP contribution >= 0.6 is 22.9 Å². The zero-order chi connectivity index (χ0) is 23.3. The van der Waals surface area contributed by atoms with Gasteiger partial charge in [-0.15, -0.1) is 11.3 Å². The molecule has 5 rings (SSSR count). The van der Waals surface area contributed by atoms with Crippen LogP contribution in [0.15, 0.2) is 59.1 Å². The third-order valence-electron chi connectivity index (χ3n) is 5.71. The lowest BCUT2D eigenvalue weighted by Gasteiger charge is -2.26. The molecule has 0 saturated carbocycles. The zero-order valence-electron chi connectivity index (χ0n) is 17.4. The normalized spacial score (nSPS) is 15.5. The number of rotatable bonds is 5. The summed E-state index contributed by atoms with van der Waals surface area (Å²) < 4.78 is 27.9. The molecule has 1 N–H and O–H groups in total. The van der Waals surface area contributed by atoms with E-state index in [0.717, 1.165) is 14.3 Å². The van der Waals surface area contributed by atoms with Gasteiger partial charge in [0.1, 0.15) is 0 Å². The molecule has 1 aliphatic rings. The number of nitrogens with zero attached hydrogens (tertiary/aromatic N) is 4. The molecule has 11 heteroatoms. The Morgan fingerprint density at radius 2 is 2.00 bits per heavy atom. The van der Waals surface area contributed by atoms with Gasteiger partial charge >= 0.3 is 0 Å². The summed E-state index contributed by atoms with van der Waals surface area (Å²) in [7, 11) is -3.88. The molecule has 1 aliphatic heterocycles. The number of thiazole rings is 1. The van der Waals surface area contributed by atoms with Crippen LogP contribution in [0.4, 0.5) is 0 Å². The summed E-state index contributed by atoms with van der Waals surface area (Å²) in [6, 6.07) is 11.7. The van der Waals surface area contributed by atoms with E-state index >= 15 is 0 Å². The van der Waals surface area contributed by atoms with Gasteiger partial charge in [-0.3, -0.25) is 4.79 Å². The Balaban J connectivity index is 1.40. The van der Waals surface area contributed by atoms with Gasteiger partial charge in [-0.2, -0.15) is 17.6 Å². The molecule has 3 heterocycles. The van der Waals surface area contributed by atoms with E-state index in [2.05, 4.69) is 10.1 Å². The summed E-state index contributed by atoms with van der Waals surface area (Å²) in [5.74, 6) is -1.12. The number of hydrogen-bond acceptors (Lipinski definition) is 7. The van der Waals surface area contributed by atoms with Gasteiger partial charge in [-0.1, -0.05) is 29.8 Å². The van der Waals surface area contributed by atoms with Crippen LogP contribution in [0.5, 0.6) is 0 Å². The Bertz CT molecular complexity index is 1460. The average molecular weight is 503 g/mol. The average Bonchev–Trinajstić information content (AvgIpc) is 3.49. The third-order valence-corrected chi connectivity index (χ3v) is 8.37. The Labute approximate surface area is 199 Å². The minimum Gasteiger partial charge on any atom is -0.392 e. The monoisotopic (exact) mass is 502 g/mol. The standard InChI is InChI=1S/C22H19ClN4O4S2/c1-13(28)21(16-4-2-3-5-17(16)23)22(29)26-9-14-10-27(25-19(14)11-26)33(30,31)15-6-7-18-20(8-15)32-12-24-18/h2-8,10,12-13,21,28H,9,11H2,1H3/t13-,21-/m1/s1. The Hall–Kier alpha value is -2.79. The number of fused-ring (bicyclic) bond motifs is 2. The number of aromatic nitrogens is 3. The number of benzene rings is 2. The molecular formula is C22H19ClN4O4S2. The van der Waals surface area contributed by atoms with Crippen LogP contribution in [-0.2, 0) is 27.9 Å². The fourth-order valence-corrected chi connectivity index (χ4v) is 6.27. The topological polar surface area (TPSA) is 105 Å². The molecule has 0 fully saturated rings. The van der Waals surface area contributed by atoms with Crippen LogP contribution < -0.4 is 0 Å². The Morgan fingerprint density at radius 3 is 2.73 bits per heavy atom. The van der Waals surface area contributed by atoms with Crippen molar-refractivity contribution in [2.75, 3.05) is 0 Å². The fraction of sp³-hybridized carbons (Fsp3) is 0.227. The van der Waals surface area contributed by atoms with Crippen LogP contribution in [-0.4, -0.2) is 44.6 Å². The number of hydrogen-bond donors (Lipinski definition) is 1. The molecule has 170 valence electrons. The van der Waals surface area contributed by atoms with Gasteiger partial charge in [0.05, 0.1) is 44.9 Å². The maximum Gasteiger partial charge on any atom is 0.283 e. The minimum absolute atomic E-state index is 0.126. The number of amides is 1. The molecule has 4 aromatic rings. The summed E-state index contributed by atoms with van der Waals surface area (Å²) in [4.78, 5) is 19.1. The largest absolute Gasteiger partial charge is 0.392 e. The van der Waals surface area contributed by atoms with Gasteiger partial charge < -0.3 is 10.0 Å².